The number of quaternary nitrogens is 1. The molecule has 1 saturated heterocycles. The Morgan fingerprint density at radius 3 is 2.78 bits per heavy atom. The first-order chi connectivity index (χ1) is 8.43. The summed E-state index contributed by atoms with van der Waals surface area (Å²) in [5.74, 6) is -1.58. The second-order valence-electron chi connectivity index (χ2n) is 4.54. The van der Waals surface area contributed by atoms with E-state index in [2.05, 4.69) is 24.4 Å². The van der Waals surface area contributed by atoms with Gasteiger partial charge in [-0.05, 0) is 12.2 Å². The molecule has 7 heteroatoms. The van der Waals surface area contributed by atoms with Crippen LogP contribution in [0, 0.1) is 5.92 Å². The number of carbonyl (C=O) groups is 2. The average Bonchev–Trinajstić information content (AvgIpc) is 2.29. The Morgan fingerprint density at radius 1 is 1.50 bits per heavy atom. The number of rotatable bonds is 5. The molecule has 18 heavy (non-hydrogen) atoms. The number of nitrogens with one attached hydrogen (secondary N) is 2. The van der Waals surface area contributed by atoms with E-state index in [4.69, 9.17) is 12.2 Å². The fourth-order valence-corrected chi connectivity index (χ4v) is 1.71. The fraction of sp³-hybridized carbons (Fsp3) is 0.636. The Balaban J connectivity index is 2.50. The van der Waals surface area contributed by atoms with Gasteiger partial charge in [-0.2, -0.15) is 0 Å². The molecule has 0 unspecified atom stereocenters. The van der Waals surface area contributed by atoms with Gasteiger partial charge in [0.15, 0.2) is 11.0 Å². The summed E-state index contributed by atoms with van der Waals surface area (Å²) >= 11 is 4.84. The van der Waals surface area contributed by atoms with Crippen LogP contribution < -0.4 is 10.2 Å². The maximum Gasteiger partial charge on any atom is 0.246 e. The molecule has 0 saturated carbocycles. The Bertz CT molecular complexity index is 381. The molecule has 2 amide bonds. The van der Waals surface area contributed by atoms with Crippen molar-refractivity contribution in [2.75, 3.05) is 34.2 Å². The number of carbonyl (C=O) groups excluding carboxylic acids is 2. The molecule has 1 heterocycles. The van der Waals surface area contributed by atoms with Crippen molar-refractivity contribution in [3.63, 3.8) is 0 Å². The molecule has 1 atom stereocenters. The van der Waals surface area contributed by atoms with Crippen molar-refractivity contribution in [3.8, 4) is 0 Å². The van der Waals surface area contributed by atoms with Crippen LogP contribution in [0.15, 0.2) is 4.99 Å². The zero-order chi connectivity index (χ0) is 13.7. The van der Waals surface area contributed by atoms with Crippen molar-refractivity contribution in [2.24, 2.45) is 10.9 Å². The molecule has 1 aliphatic heterocycles. The number of thiocarbonyl (C=S) groups is 1. The molecule has 0 spiro atoms. The van der Waals surface area contributed by atoms with Crippen LogP contribution in [0.1, 0.15) is 6.42 Å². The second-order valence-corrected chi connectivity index (χ2v) is 4.92. The van der Waals surface area contributed by atoms with Crippen LogP contribution in [0.3, 0.4) is 0 Å². The molecule has 0 aromatic rings. The van der Waals surface area contributed by atoms with Gasteiger partial charge in [-0.1, -0.05) is 0 Å². The lowest BCUT2D eigenvalue weighted by Crippen LogP contribution is -3.05. The van der Waals surface area contributed by atoms with E-state index in [1.54, 1.807) is 7.05 Å². The topological polar surface area (TPSA) is 66.2 Å². The van der Waals surface area contributed by atoms with Crippen molar-refractivity contribution < 1.29 is 14.5 Å². The Labute approximate surface area is 112 Å². The van der Waals surface area contributed by atoms with Gasteiger partial charge in [-0.25, -0.2) is 0 Å². The van der Waals surface area contributed by atoms with Gasteiger partial charge in [0.1, 0.15) is 0 Å². The predicted molar refractivity (Wildman–Crippen MR) is 72.7 cm³/mol. The Hall–Kier alpha value is -1.34. The molecule has 0 aromatic carbocycles. The minimum Gasteiger partial charge on any atom is -0.340 e. The molecule has 0 bridgehead atoms. The summed E-state index contributed by atoms with van der Waals surface area (Å²) in [6.07, 6.45) is 2.34. The summed E-state index contributed by atoms with van der Waals surface area (Å²) in [6, 6.07) is 0. The summed E-state index contributed by atoms with van der Waals surface area (Å²) in [4.78, 5) is 30.1. The second kappa shape index (κ2) is 6.55. The van der Waals surface area contributed by atoms with E-state index >= 15 is 0 Å². The van der Waals surface area contributed by atoms with Gasteiger partial charge in [0.05, 0.1) is 20.6 Å². The molecule has 2 N–H and O–H groups in total. The van der Waals surface area contributed by atoms with Gasteiger partial charge < -0.3 is 10.2 Å². The lowest BCUT2D eigenvalue weighted by molar-refractivity contribution is -0.858. The highest BCUT2D eigenvalue weighted by Gasteiger charge is 2.35. The Morgan fingerprint density at radius 2 is 2.17 bits per heavy atom. The van der Waals surface area contributed by atoms with Crippen molar-refractivity contribution >= 4 is 35.4 Å². The highest BCUT2D eigenvalue weighted by Crippen LogP contribution is 2.06. The standard InChI is InChI=1S/C11H18N4O2S/c1-14(2)6-4-5-12-7-8-9(16)13-11(18)15(3)10(8)17/h7-8H,4-6H2,1-3H3,(H,13,16,18)/p+1/t8-/m1/s1. The number of hydrogen-bond acceptors (Lipinski definition) is 4. The molecule has 100 valence electrons. The molecule has 1 aliphatic rings. The summed E-state index contributed by atoms with van der Waals surface area (Å²) in [5, 5.41) is 2.62. The highest BCUT2D eigenvalue weighted by molar-refractivity contribution is 7.80. The summed E-state index contributed by atoms with van der Waals surface area (Å²) < 4.78 is 0. The van der Waals surface area contributed by atoms with E-state index in [9.17, 15) is 9.59 Å². The summed E-state index contributed by atoms with van der Waals surface area (Å²) in [6.45, 7) is 1.63. The first-order valence-corrected chi connectivity index (χ1v) is 6.25. The van der Waals surface area contributed by atoms with E-state index in [0.717, 1.165) is 13.0 Å². The van der Waals surface area contributed by atoms with Crippen molar-refractivity contribution in [3.05, 3.63) is 0 Å². The van der Waals surface area contributed by atoms with Gasteiger partial charge in [0, 0.05) is 26.2 Å². The third-order valence-corrected chi connectivity index (χ3v) is 3.01. The zero-order valence-electron chi connectivity index (χ0n) is 10.9. The highest BCUT2D eigenvalue weighted by atomic mass is 32.1. The number of hydrogen-bond donors (Lipinski definition) is 2. The monoisotopic (exact) mass is 271 g/mol. The molecule has 1 rings (SSSR count). The molecule has 1 fully saturated rings. The maximum absolute atomic E-state index is 11.8. The van der Waals surface area contributed by atoms with Crippen LogP contribution in [-0.2, 0) is 9.59 Å². The van der Waals surface area contributed by atoms with E-state index < -0.39 is 11.8 Å². The van der Waals surface area contributed by atoms with Gasteiger partial charge in [-0.3, -0.25) is 19.5 Å². The molecule has 0 radical (unpaired) electrons. The zero-order valence-corrected chi connectivity index (χ0v) is 11.7. The van der Waals surface area contributed by atoms with Gasteiger partial charge in [-0.15, -0.1) is 0 Å². The maximum atomic E-state index is 11.8. The van der Waals surface area contributed by atoms with Crippen molar-refractivity contribution in [1.29, 1.82) is 0 Å². The summed E-state index contributed by atoms with van der Waals surface area (Å²) in [5.41, 5.74) is 0. The van der Waals surface area contributed by atoms with E-state index in [1.807, 2.05) is 0 Å². The average molecular weight is 271 g/mol. The number of nitrogens with zero attached hydrogens (tertiary/aromatic N) is 2. The largest absolute Gasteiger partial charge is 0.340 e. The fourth-order valence-electron chi connectivity index (χ4n) is 1.52. The van der Waals surface area contributed by atoms with Crippen LogP contribution in [0.4, 0.5) is 0 Å². The van der Waals surface area contributed by atoms with E-state index in [1.165, 1.54) is 16.0 Å². The third-order valence-electron chi connectivity index (χ3n) is 2.63. The molecular formula is C11H19N4O2S+. The number of amides is 2. The van der Waals surface area contributed by atoms with Crippen molar-refractivity contribution in [1.82, 2.24) is 10.2 Å². The first-order valence-electron chi connectivity index (χ1n) is 5.85. The first kappa shape index (κ1) is 14.7. The normalized spacial score (nSPS) is 21.0. The molecule has 6 nitrogen and oxygen atoms in total. The van der Waals surface area contributed by atoms with Crippen LogP contribution >= 0.6 is 12.2 Å². The van der Waals surface area contributed by atoms with Gasteiger partial charge in [0.25, 0.3) is 0 Å². The van der Waals surface area contributed by atoms with E-state index in [-0.39, 0.29) is 11.0 Å². The Kier molecular flexibility index (Phi) is 5.36. The van der Waals surface area contributed by atoms with Crippen LogP contribution in [0.2, 0.25) is 0 Å². The van der Waals surface area contributed by atoms with Gasteiger partial charge in [0.2, 0.25) is 11.8 Å². The molecule has 0 aromatic heterocycles. The lowest BCUT2D eigenvalue weighted by atomic mass is 10.1. The molecule has 0 aliphatic carbocycles. The van der Waals surface area contributed by atoms with Gasteiger partial charge >= 0.3 is 0 Å². The van der Waals surface area contributed by atoms with Crippen LogP contribution in [0.5, 0.6) is 0 Å². The molecular weight excluding hydrogens is 252 g/mol. The SMILES string of the molecule is CN1C(=O)[C@H](C=NCCC[NH+](C)C)C(=O)NC1=S. The minimum absolute atomic E-state index is 0.144. The van der Waals surface area contributed by atoms with E-state index in [0.29, 0.717) is 6.54 Å². The predicted octanol–water partition coefficient (Wildman–Crippen LogP) is -1.92. The quantitative estimate of drug-likeness (QED) is 0.265. The minimum atomic E-state index is -0.853. The third kappa shape index (κ3) is 3.85. The van der Waals surface area contributed by atoms with Crippen LogP contribution in [-0.4, -0.2) is 62.3 Å². The van der Waals surface area contributed by atoms with Crippen molar-refractivity contribution in [2.45, 2.75) is 6.42 Å². The van der Waals surface area contributed by atoms with Crippen LogP contribution in [0.25, 0.3) is 0 Å². The number of aliphatic imine (C=N–C) groups is 1. The summed E-state index contributed by atoms with van der Waals surface area (Å²) in [7, 11) is 5.68. The smallest absolute Gasteiger partial charge is 0.246 e. The lowest BCUT2D eigenvalue weighted by Gasteiger charge is -2.27.